The Bertz CT molecular complexity index is 1260. The van der Waals surface area contributed by atoms with Crippen LogP contribution in [0.15, 0.2) is 65.6 Å². The SMILES string of the molecule is COc1ccc(C2(O)OC(=O)C(c3ccc4nsnc4c3)=C2Cc2cccs2)cc1. The van der Waals surface area contributed by atoms with Crippen LogP contribution in [0.25, 0.3) is 16.6 Å². The summed E-state index contributed by atoms with van der Waals surface area (Å²) in [7, 11) is 1.57. The molecule has 0 saturated carbocycles. The molecule has 1 N–H and O–H groups in total. The summed E-state index contributed by atoms with van der Waals surface area (Å²) >= 11 is 2.68. The minimum atomic E-state index is -1.86. The third-order valence-electron chi connectivity index (χ3n) is 5.11. The van der Waals surface area contributed by atoms with Crippen LogP contribution in [-0.4, -0.2) is 26.9 Å². The molecule has 2 aromatic heterocycles. The van der Waals surface area contributed by atoms with Gasteiger partial charge in [0.15, 0.2) is 0 Å². The first-order valence-electron chi connectivity index (χ1n) is 9.17. The molecule has 6 nitrogen and oxygen atoms in total. The monoisotopic (exact) mass is 436 g/mol. The number of cyclic esters (lactones) is 1. The second kappa shape index (κ2) is 7.32. The molecule has 5 rings (SSSR count). The number of ether oxygens (including phenoxy) is 2. The Morgan fingerprint density at radius 2 is 1.90 bits per heavy atom. The van der Waals surface area contributed by atoms with Crippen LogP contribution in [-0.2, 0) is 21.7 Å². The van der Waals surface area contributed by atoms with Crippen LogP contribution in [0.5, 0.6) is 5.75 Å². The minimum Gasteiger partial charge on any atom is -0.497 e. The van der Waals surface area contributed by atoms with Crippen molar-refractivity contribution < 1.29 is 19.4 Å². The Morgan fingerprint density at radius 3 is 2.63 bits per heavy atom. The minimum absolute atomic E-state index is 0.358. The van der Waals surface area contributed by atoms with E-state index < -0.39 is 11.8 Å². The molecule has 2 aromatic carbocycles. The number of hydrogen-bond acceptors (Lipinski definition) is 8. The van der Waals surface area contributed by atoms with Crippen LogP contribution in [0.1, 0.15) is 16.0 Å². The van der Waals surface area contributed by atoms with Crippen LogP contribution in [0, 0.1) is 0 Å². The first-order chi connectivity index (χ1) is 14.6. The van der Waals surface area contributed by atoms with Crippen LogP contribution in [0.2, 0.25) is 0 Å². The Balaban J connectivity index is 1.69. The fourth-order valence-corrected chi connectivity index (χ4v) is 4.85. The highest BCUT2D eigenvalue weighted by molar-refractivity contribution is 7.09. The highest BCUT2D eigenvalue weighted by Crippen LogP contribution is 2.45. The van der Waals surface area contributed by atoms with Crippen molar-refractivity contribution >= 4 is 45.6 Å². The Labute approximate surface area is 180 Å². The number of esters is 1. The number of hydrogen-bond donors (Lipinski definition) is 1. The molecule has 0 fully saturated rings. The summed E-state index contributed by atoms with van der Waals surface area (Å²) in [4.78, 5) is 14.0. The first kappa shape index (κ1) is 18.9. The van der Waals surface area contributed by atoms with Gasteiger partial charge < -0.3 is 14.6 Å². The van der Waals surface area contributed by atoms with E-state index in [1.165, 1.54) is 0 Å². The van der Waals surface area contributed by atoms with Gasteiger partial charge in [-0.1, -0.05) is 12.1 Å². The molecule has 0 bridgehead atoms. The average Bonchev–Trinajstić information content (AvgIpc) is 3.49. The van der Waals surface area contributed by atoms with E-state index in [-0.39, 0.29) is 0 Å². The zero-order valence-corrected chi connectivity index (χ0v) is 17.5. The van der Waals surface area contributed by atoms with E-state index in [4.69, 9.17) is 9.47 Å². The third kappa shape index (κ3) is 3.09. The molecule has 0 saturated heterocycles. The Morgan fingerprint density at radius 1 is 1.10 bits per heavy atom. The van der Waals surface area contributed by atoms with Crippen molar-refractivity contribution in [2.45, 2.75) is 12.2 Å². The fraction of sp³-hybridized carbons (Fsp3) is 0.136. The van der Waals surface area contributed by atoms with Gasteiger partial charge in [0.05, 0.1) is 24.4 Å². The molecule has 8 heteroatoms. The lowest BCUT2D eigenvalue weighted by Crippen LogP contribution is -2.29. The predicted octanol–water partition coefficient (Wildman–Crippen LogP) is 4.16. The standard InChI is InChI=1S/C22H16N2O4S2/c1-27-15-7-5-14(6-8-15)22(26)17(12-16-3-2-10-29-16)20(21(25)28-22)13-4-9-18-19(11-13)24-30-23-18/h2-11,26H,12H2,1H3. The third-order valence-corrected chi connectivity index (χ3v) is 6.54. The molecule has 150 valence electrons. The van der Waals surface area contributed by atoms with E-state index in [0.29, 0.717) is 40.0 Å². The second-order valence-corrected chi connectivity index (χ2v) is 8.40. The number of thiophene rings is 1. The zero-order chi connectivity index (χ0) is 20.7. The molecule has 0 aliphatic carbocycles. The molecule has 3 heterocycles. The van der Waals surface area contributed by atoms with E-state index in [9.17, 15) is 9.90 Å². The van der Waals surface area contributed by atoms with Crippen molar-refractivity contribution in [1.82, 2.24) is 8.75 Å². The maximum absolute atomic E-state index is 13.0. The molecule has 0 radical (unpaired) electrons. The summed E-state index contributed by atoms with van der Waals surface area (Å²) in [5.74, 6) is -1.78. The lowest BCUT2D eigenvalue weighted by atomic mass is 9.89. The van der Waals surface area contributed by atoms with Crippen molar-refractivity contribution in [3.8, 4) is 5.75 Å². The number of rotatable bonds is 5. The number of aliphatic hydroxyl groups is 1. The van der Waals surface area contributed by atoms with Crippen molar-refractivity contribution in [3.63, 3.8) is 0 Å². The van der Waals surface area contributed by atoms with Crippen molar-refractivity contribution in [2.75, 3.05) is 7.11 Å². The first-order valence-corrected chi connectivity index (χ1v) is 10.8. The maximum Gasteiger partial charge on any atom is 0.342 e. The number of carbonyl (C=O) groups excluding carboxylic acids is 1. The average molecular weight is 437 g/mol. The van der Waals surface area contributed by atoms with Gasteiger partial charge in [-0.15, -0.1) is 11.3 Å². The number of fused-ring (bicyclic) bond motifs is 1. The van der Waals surface area contributed by atoms with Crippen molar-refractivity contribution in [1.29, 1.82) is 0 Å². The molecule has 1 aliphatic rings. The number of nitrogens with zero attached hydrogens (tertiary/aromatic N) is 2. The number of methoxy groups -OCH3 is 1. The molecule has 30 heavy (non-hydrogen) atoms. The van der Waals surface area contributed by atoms with Gasteiger partial charge in [0.2, 0.25) is 0 Å². The number of aromatic nitrogens is 2. The van der Waals surface area contributed by atoms with Crippen LogP contribution in [0.3, 0.4) is 0 Å². The van der Waals surface area contributed by atoms with E-state index in [1.807, 2.05) is 35.7 Å². The highest BCUT2D eigenvalue weighted by Gasteiger charge is 2.48. The summed E-state index contributed by atoms with van der Waals surface area (Å²) in [6, 6.07) is 16.2. The van der Waals surface area contributed by atoms with Gasteiger partial charge in [0, 0.05) is 22.4 Å². The fourth-order valence-electron chi connectivity index (χ4n) is 3.61. The predicted molar refractivity (Wildman–Crippen MR) is 115 cm³/mol. The van der Waals surface area contributed by atoms with E-state index in [2.05, 4.69) is 8.75 Å². The molecule has 1 atom stereocenters. The quantitative estimate of drug-likeness (QED) is 0.473. The Hall–Kier alpha value is -3.07. The lowest BCUT2D eigenvalue weighted by molar-refractivity contribution is -0.185. The van der Waals surface area contributed by atoms with Crippen LogP contribution < -0.4 is 4.74 Å². The molecular formula is C22H16N2O4S2. The highest BCUT2D eigenvalue weighted by atomic mass is 32.1. The molecule has 1 unspecified atom stereocenters. The smallest absolute Gasteiger partial charge is 0.342 e. The van der Waals surface area contributed by atoms with Crippen molar-refractivity contribution in [3.05, 3.63) is 81.6 Å². The second-order valence-electron chi connectivity index (χ2n) is 6.84. The van der Waals surface area contributed by atoms with E-state index >= 15 is 0 Å². The largest absolute Gasteiger partial charge is 0.497 e. The zero-order valence-electron chi connectivity index (χ0n) is 15.9. The summed E-state index contributed by atoms with van der Waals surface area (Å²) in [5, 5.41) is 13.6. The lowest BCUT2D eigenvalue weighted by Gasteiger charge is -2.25. The summed E-state index contributed by atoms with van der Waals surface area (Å²) in [6.45, 7) is 0. The molecule has 0 spiro atoms. The van der Waals surface area contributed by atoms with E-state index in [0.717, 1.165) is 22.1 Å². The normalized spacial score (nSPS) is 18.8. The molecular weight excluding hydrogens is 420 g/mol. The molecule has 1 aliphatic heterocycles. The van der Waals surface area contributed by atoms with Gasteiger partial charge in [-0.05, 0) is 53.4 Å². The van der Waals surface area contributed by atoms with Gasteiger partial charge >= 0.3 is 5.97 Å². The summed E-state index contributed by atoms with van der Waals surface area (Å²) in [5.41, 5.74) is 3.44. The summed E-state index contributed by atoms with van der Waals surface area (Å²) in [6.07, 6.45) is 0.384. The Kier molecular flexibility index (Phi) is 4.62. The van der Waals surface area contributed by atoms with Crippen LogP contribution in [0.4, 0.5) is 0 Å². The topological polar surface area (TPSA) is 81.5 Å². The van der Waals surface area contributed by atoms with Gasteiger partial charge in [0.1, 0.15) is 16.8 Å². The maximum atomic E-state index is 13.0. The van der Waals surface area contributed by atoms with Gasteiger partial charge in [-0.2, -0.15) is 8.75 Å². The van der Waals surface area contributed by atoms with Gasteiger partial charge in [0.25, 0.3) is 5.79 Å². The molecule has 4 aromatic rings. The van der Waals surface area contributed by atoms with E-state index in [1.54, 1.807) is 42.7 Å². The van der Waals surface area contributed by atoms with Crippen LogP contribution >= 0.6 is 23.1 Å². The molecule has 0 amide bonds. The number of benzene rings is 2. The van der Waals surface area contributed by atoms with Gasteiger partial charge in [-0.25, -0.2) is 4.79 Å². The number of carbonyl (C=O) groups is 1. The summed E-state index contributed by atoms with van der Waals surface area (Å²) < 4.78 is 19.3. The van der Waals surface area contributed by atoms with Crippen molar-refractivity contribution in [2.24, 2.45) is 0 Å². The van der Waals surface area contributed by atoms with Gasteiger partial charge in [-0.3, -0.25) is 0 Å².